The number of hydrogen-bond acceptors (Lipinski definition) is 2. The van der Waals surface area contributed by atoms with E-state index in [1.807, 2.05) is 49.8 Å². The molecule has 1 unspecified atom stereocenters. The van der Waals surface area contributed by atoms with Gasteiger partial charge >= 0.3 is 0 Å². The number of carbonyl (C=O) groups excluding carboxylic acids is 1. The van der Waals surface area contributed by atoms with Gasteiger partial charge in [0.25, 0.3) is 5.91 Å². The van der Waals surface area contributed by atoms with Crippen LogP contribution >= 0.6 is 0 Å². The number of benzene rings is 2. The monoisotopic (exact) mass is 332 g/mol. The smallest absolute Gasteiger partial charge is 0.268 e. The zero-order chi connectivity index (χ0) is 17.6. The number of amides is 1. The molecule has 4 rings (SSSR count). The highest BCUT2D eigenvalue weighted by atomic mass is 16.1. The van der Waals surface area contributed by atoms with Crippen LogP contribution < -0.4 is 5.32 Å². The standard InChI is InChI=1S/C20H20N4O/c1-12(17-11-21-24(3)13(17)2)22-20(25)19-10-16-15-7-5-4-6-14(15)8-9-18(16)23-19/h4-12,23H,1-3H3,(H,22,25). The molecule has 126 valence electrons. The third-order valence-electron chi connectivity index (χ3n) is 4.86. The maximum absolute atomic E-state index is 12.7. The van der Waals surface area contributed by atoms with Crippen LogP contribution in [0.5, 0.6) is 0 Å². The SMILES string of the molecule is Cc1c(C(C)NC(=O)c2cc3c(ccc4ccccc43)[nH]2)cnn1C. The number of fused-ring (bicyclic) bond motifs is 3. The molecule has 2 aromatic carbocycles. The summed E-state index contributed by atoms with van der Waals surface area (Å²) >= 11 is 0. The second kappa shape index (κ2) is 5.77. The fourth-order valence-corrected chi connectivity index (χ4v) is 3.30. The first kappa shape index (κ1) is 15.4. The van der Waals surface area contributed by atoms with Gasteiger partial charge in [0.15, 0.2) is 0 Å². The van der Waals surface area contributed by atoms with E-state index >= 15 is 0 Å². The van der Waals surface area contributed by atoms with Gasteiger partial charge < -0.3 is 10.3 Å². The van der Waals surface area contributed by atoms with Gasteiger partial charge in [-0.1, -0.05) is 30.3 Å². The van der Waals surface area contributed by atoms with Gasteiger partial charge in [0.2, 0.25) is 0 Å². The van der Waals surface area contributed by atoms with Gasteiger partial charge in [0.05, 0.1) is 12.2 Å². The Bertz CT molecular complexity index is 1090. The molecule has 25 heavy (non-hydrogen) atoms. The Labute approximate surface area is 145 Å². The molecule has 0 spiro atoms. The average molecular weight is 332 g/mol. The summed E-state index contributed by atoms with van der Waals surface area (Å²) in [5, 5.41) is 10.7. The minimum absolute atomic E-state index is 0.107. The molecule has 0 aliphatic heterocycles. The van der Waals surface area contributed by atoms with Crippen molar-refractivity contribution in [3.63, 3.8) is 0 Å². The molecule has 4 aromatic rings. The van der Waals surface area contributed by atoms with E-state index in [1.165, 1.54) is 5.39 Å². The predicted octanol–water partition coefficient (Wildman–Crippen LogP) is 3.85. The quantitative estimate of drug-likeness (QED) is 0.598. The normalized spacial score (nSPS) is 12.6. The fourth-order valence-electron chi connectivity index (χ4n) is 3.30. The molecule has 1 amide bonds. The molecule has 2 aromatic heterocycles. The lowest BCUT2D eigenvalue weighted by Crippen LogP contribution is -2.27. The van der Waals surface area contributed by atoms with E-state index in [1.54, 1.807) is 6.20 Å². The van der Waals surface area contributed by atoms with E-state index in [0.717, 1.165) is 27.5 Å². The van der Waals surface area contributed by atoms with Crippen LogP contribution in [-0.4, -0.2) is 20.7 Å². The van der Waals surface area contributed by atoms with Crippen LogP contribution in [0.2, 0.25) is 0 Å². The van der Waals surface area contributed by atoms with Gasteiger partial charge in [-0.25, -0.2) is 0 Å². The largest absolute Gasteiger partial charge is 0.351 e. The molecule has 0 aliphatic rings. The summed E-state index contributed by atoms with van der Waals surface area (Å²) in [5.74, 6) is -0.115. The second-order valence-corrected chi connectivity index (χ2v) is 6.44. The van der Waals surface area contributed by atoms with Crippen molar-refractivity contribution >= 4 is 27.6 Å². The molecule has 0 radical (unpaired) electrons. The lowest BCUT2D eigenvalue weighted by molar-refractivity contribution is 0.0935. The summed E-state index contributed by atoms with van der Waals surface area (Å²) in [7, 11) is 1.90. The molecule has 0 fully saturated rings. The highest BCUT2D eigenvalue weighted by Gasteiger charge is 2.17. The highest BCUT2D eigenvalue weighted by Crippen LogP contribution is 2.26. The minimum Gasteiger partial charge on any atom is -0.351 e. The van der Waals surface area contributed by atoms with Crippen molar-refractivity contribution in [1.82, 2.24) is 20.1 Å². The van der Waals surface area contributed by atoms with Crippen molar-refractivity contribution in [1.29, 1.82) is 0 Å². The zero-order valence-corrected chi connectivity index (χ0v) is 14.5. The van der Waals surface area contributed by atoms with Gasteiger partial charge in [-0.2, -0.15) is 5.10 Å². The number of rotatable bonds is 3. The first-order valence-electron chi connectivity index (χ1n) is 8.34. The molecule has 5 nitrogen and oxygen atoms in total. The van der Waals surface area contributed by atoms with Crippen molar-refractivity contribution in [2.45, 2.75) is 19.9 Å². The van der Waals surface area contributed by atoms with Crippen molar-refractivity contribution in [2.24, 2.45) is 7.05 Å². The van der Waals surface area contributed by atoms with E-state index < -0.39 is 0 Å². The number of H-pyrrole nitrogens is 1. The van der Waals surface area contributed by atoms with Crippen LogP contribution in [0.25, 0.3) is 21.7 Å². The van der Waals surface area contributed by atoms with Crippen LogP contribution in [0.4, 0.5) is 0 Å². The van der Waals surface area contributed by atoms with Crippen LogP contribution in [0.3, 0.4) is 0 Å². The van der Waals surface area contributed by atoms with Crippen LogP contribution in [0.1, 0.15) is 34.7 Å². The Hall–Kier alpha value is -3.08. The molecular formula is C20H20N4O. The molecule has 2 heterocycles. The second-order valence-electron chi connectivity index (χ2n) is 6.44. The predicted molar refractivity (Wildman–Crippen MR) is 99.6 cm³/mol. The van der Waals surface area contributed by atoms with Gasteiger partial charge in [-0.15, -0.1) is 0 Å². The molecule has 1 atom stereocenters. The summed E-state index contributed by atoms with van der Waals surface area (Å²) in [4.78, 5) is 15.9. The summed E-state index contributed by atoms with van der Waals surface area (Å²) in [6.07, 6.45) is 1.80. The Morgan fingerprint density at radius 2 is 2.00 bits per heavy atom. The number of nitrogens with one attached hydrogen (secondary N) is 2. The minimum atomic E-state index is -0.115. The van der Waals surface area contributed by atoms with Crippen LogP contribution in [-0.2, 0) is 7.05 Å². The number of hydrogen-bond donors (Lipinski definition) is 2. The van der Waals surface area contributed by atoms with E-state index in [9.17, 15) is 4.79 Å². The summed E-state index contributed by atoms with van der Waals surface area (Å²) in [6.45, 7) is 3.97. The van der Waals surface area contributed by atoms with Gasteiger partial charge in [0.1, 0.15) is 5.69 Å². The average Bonchev–Trinajstić information content (AvgIpc) is 3.19. The van der Waals surface area contributed by atoms with E-state index in [-0.39, 0.29) is 11.9 Å². The molecule has 0 saturated heterocycles. The van der Waals surface area contributed by atoms with E-state index in [4.69, 9.17) is 0 Å². The van der Waals surface area contributed by atoms with Gasteiger partial charge in [-0.3, -0.25) is 9.48 Å². The molecule has 5 heteroatoms. The molecule has 0 bridgehead atoms. The van der Waals surface area contributed by atoms with Crippen LogP contribution in [0.15, 0.2) is 48.7 Å². The molecule has 0 saturated carbocycles. The Balaban J connectivity index is 1.66. The first-order chi connectivity index (χ1) is 12.0. The van der Waals surface area contributed by atoms with Crippen molar-refractivity contribution < 1.29 is 4.79 Å². The number of aromatic nitrogens is 3. The molecule has 0 aliphatic carbocycles. The maximum atomic E-state index is 12.7. The van der Waals surface area contributed by atoms with Gasteiger partial charge in [0, 0.05) is 29.2 Å². The third kappa shape index (κ3) is 2.58. The van der Waals surface area contributed by atoms with Crippen molar-refractivity contribution in [2.75, 3.05) is 0 Å². The van der Waals surface area contributed by atoms with E-state index in [0.29, 0.717) is 5.69 Å². The maximum Gasteiger partial charge on any atom is 0.268 e. The van der Waals surface area contributed by atoms with Crippen molar-refractivity contribution in [3.05, 3.63) is 65.6 Å². The van der Waals surface area contributed by atoms with Crippen molar-refractivity contribution in [3.8, 4) is 0 Å². The number of aryl methyl sites for hydroxylation is 1. The highest BCUT2D eigenvalue weighted by molar-refractivity contribution is 6.09. The van der Waals surface area contributed by atoms with E-state index in [2.05, 4.69) is 33.6 Å². The summed E-state index contributed by atoms with van der Waals surface area (Å²) in [6, 6.07) is 14.1. The fraction of sp³-hybridized carbons (Fsp3) is 0.200. The number of aromatic amines is 1. The number of nitrogens with zero attached hydrogens (tertiary/aromatic N) is 2. The first-order valence-corrected chi connectivity index (χ1v) is 8.34. The lowest BCUT2D eigenvalue weighted by Gasteiger charge is -2.13. The Morgan fingerprint density at radius 1 is 1.20 bits per heavy atom. The summed E-state index contributed by atoms with van der Waals surface area (Å²) < 4.78 is 1.81. The number of carbonyl (C=O) groups is 1. The topological polar surface area (TPSA) is 62.7 Å². The Kier molecular flexibility index (Phi) is 3.57. The Morgan fingerprint density at radius 3 is 2.76 bits per heavy atom. The van der Waals surface area contributed by atoms with Gasteiger partial charge in [-0.05, 0) is 36.8 Å². The summed E-state index contributed by atoms with van der Waals surface area (Å²) in [5.41, 5.74) is 3.61. The molecular weight excluding hydrogens is 312 g/mol. The zero-order valence-electron chi connectivity index (χ0n) is 14.5. The lowest BCUT2D eigenvalue weighted by atomic mass is 10.1. The van der Waals surface area contributed by atoms with Crippen LogP contribution in [0, 0.1) is 6.92 Å². The molecule has 2 N–H and O–H groups in total. The third-order valence-corrected chi connectivity index (χ3v) is 4.86.